The average molecular weight is 438 g/mol. The fraction of sp³-hybridized carbons (Fsp3) is 0.455. The van der Waals surface area contributed by atoms with Crippen LogP contribution in [0.2, 0.25) is 0 Å². The molecular weight excluding hydrogens is 410 g/mol. The predicted octanol–water partition coefficient (Wildman–Crippen LogP) is 2.61. The molecule has 168 valence electrons. The van der Waals surface area contributed by atoms with E-state index >= 15 is 0 Å². The van der Waals surface area contributed by atoms with E-state index in [4.69, 9.17) is 14.5 Å². The van der Waals surface area contributed by atoms with E-state index in [1.807, 2.05) is 27.7 Å². The van der Waals surface area contributed by atoms with Crippen molar-refractivity contribution in [1.82, 2.24) is 24.4 Å². The van der Waals surface area contributed by atoms with Gasteiger partial charge in [0.2, 0.25) is 18.6 Å². The molecule has 0 aliphatic carbocycles. The number of rotatable bonds is 9. The quantitative estimate of drug-likeness (QED) is 0.526. The summed E-state index contributed by atoms with van der Waals surface area (Å²) in [6.45, 7) is 5.84. The van der Waals surface area contributed by atoms with Gasteiger partial charge in [-0.2, -0.15) is 9.97 Å². The van der Waals surface area contributed by atoms with Crippen LogP contribution in [0.4, 0.5) is 11.8 Å². The largest absolute Gasteiger partial charge is 0.454 e. The first-order valence-corrected chi connectivity index (χ1v) is 11.1. The van der Waals surface area contributed by atoms with Crippen molar-refractivity contribution in [3.8, 4) is 11.5 Å². The lowest BCUT2D eigenvalue weighted by Crippen LogP contribution is -2.28. The van der Waals surface area contributed by atoms with Crippen LogP contribution in [-0.4, -0.2) is 56.8 Å². The standard InChI is InChI=1S/C22H27N7O3/c1-2-7-23-20-19-21(29(13-25-19)10-9-28-8-3-4-18(28)30)27-22(26-20)24-12-15-5-6-16-17(11-15)32-14-31-16/h5-6,11,13H,2-4,7-10,12,14H2,1H3,(H2,23,24,26,27). The van der Waals surface area contributed by atoms with Crippen LogP contribution < -0.4 is 20.1 Å². The molecule has 0 radical (unpaired) electrons. The van der Waals surface area contributed by atoms with Gasteiger partial charge in [-0.05, 0) is 30.5 Å². The van der Waals surface area contributed by atoms with E-state index in [0.717, 1.165) is 54.2 Å². The van der Waals surface area contributed by atoms with E-state index in [9.17, 15) is 4.79 Å². The topological polar surface area (TPSA) is 106 Å². The third kappa shape index (κ3) is 4.12. The van der Waals surface area contributed by atoms with E-state index < -0.39 is 0 Å². The predicted molar refractivity (Wildman–Crippen MR) is 120 cm³/mol. The van der Waals surface area contributed by atoms with E-state index in [2.05, 4.69) is 27.5 Å². The summed E-state index contributed by atoms with van der Waals surface area (Å²) >= 11 is 0. The minimum Gasteiger partial charge on any atom is -0.454 e. The summed E-state index contributed by atoms with van der Waals surface area (Å²) in [6, 6.07) is 5.86. The first-order valence-electron chi connectivity index (χ1n) is 11.1. The molecule has 2 aromatic heterocycles. The number of fused-ring (bicyclic) bond motifs is 2. The molecule has 1 aromatic carbocycles. The SMILES string of the molecule is CCCNc1nc(NCc2ccc3c(c2)OCO3)nc2c1ncn2CCN1CCCC1=O. The lowest BCUT2D eigenvalue weighted by molar-refractivity contribution is -0.127. The van der Waals surface area contributed by atoms with Crippen LogP contribution in [0, 0.1) is 0 Å². The molecule has 5 rings (SSSR count). The van der Waals surface area contributed by atoms with Crippen LogP contribution >= 0.6 is 0 Å². The molecule has 2 aliphatic rings. The highest BCUT2D eigenvalue weighted by atomic mass is 16.7. The lowest BCUT2D eigenvalue weighted by Gasteiger charge is -2.16. The van der Waals surface area contributed by atoms with Gasteiger partial charge in [-0.1, -0.05) is 13.0 Å². The van der Waals surface area contributed by atoms with Crippen LogP contribution in [0.25, 0.3) is 11.2 Å². The molecule has 4 heterocycles. The molecule has 1 amide bonds. The minimum absolute atomic E-state index is 0.223. The van der Waals surface area contributed by atoms with E-state index in [1.165, 1.54) is 0 Å². The van der Waals surface area contributed by atoms with Gasteiger partial charge in [0.05, 0.1) is 6.33 Å². The second-order valence-electron chi connectivity index (χ2n) is 7.96. The second kappa shape index (κ2) is 8.89. The van der Waals surface area contributed by atoms with Gasteiger partial charge in [-0.15, -0.1) is 0 Å². The van der Waals surface area contributed by atoms with Crippen LogP contribution in [0.3, 0.4) is 0 Å². The summed E-state index contributed by atoms with van der Waals surface area (Å²) < 4.78 is 12.8. The molecule has 0 atom stereocenters. The number of aromatic nitrogens is 4. The lowest BCUT2D eigenvalue weighted by atomic mass is 10.2. The Balaban J connectivity index is 1.36. The van der Waals surface area contributed by atoms with Gasteiger partial charge < -0.3 is 29.6 Å². The minimum atomic E-state index is 0.223. The number of ether oxygens (including phenoxy) is 2. The number of imidazole rings is 1. The van der Waals surface area contributed by atoms with Crippen molar-refractivity contribution >= 4 is 28.8 Å². The number of carbonyl (C=O) groups excluding carboxylic acids is 1. The number of benzene rings is 1. The third-order valence-electron chi connectivity index (χ3n) is 5.68. The smallest absolute Gasteiger partial charge is 0.231 e. The molecule has 0 spiro atoms. The van der Waals surface area contributed by atoms with Crippen LogP contribution in [-0.2, 0) is 17.9 Å². The maximum atomic E-state index is 12.0. The molecule has 1 saturated heterocycles. The summed E-state index contributed by atoms with van der Waals surface area (Å²) in [5, 5.41) is 6.68. The Morgan fingerprint density at radius 2 is 2.03 bits per heavy atom. The first-order chi connectivity index (χ1) is 15.7. The summed E-state index contributed by atoms with van der Waals surface area (Å²) in [5.41, 5.74) is 2.53. The third-order valence-corrected chi connectivity index (χ3v) is 5.68. The zero-order valence-corrected chi connectivity index (χ0v) is 18.1. The van der Waals surface area contributed by atoms with Crippen molar-refractivity contribution in [3.63, 3.8) is 0 Å². The molecule has 1 fully saturated rings. The van der Waals surface area contributed by atoms with E-state index in [-0.39, 0.29) is 12.7 Å². The Morgan fingerprint density at radius 1 is 1.12 bits per heavy atom. The van der Waals surface area contributed by atoms with Crippen molar-refractivity contribution in [1.29, 1.82) is 0 Å². The van der Waals surface area contributed by atoms with Crippen molar-refractivity contribution in [2.45, 2.75) is 39.3 Å². The number of nitrogens with zero attached hydrogens (tertiary/aromatic N) is 5. The van der Waals surface area contributed by atoms with E-state index in [0.29, 0.717) is 37.8 Å². The zero-order valence-electron chi connectivity index (χ0n) is 18.1. The molecule has 0 unspecified atom stereocenters. The number of anilines is 2. The van der Waals surface area contributed by atoms with Crippen molar-refractivity contribution in [2.24, 2.45) is 0 Å². The van der Waals surface area contributed by atoms with Crippen LogP contribution in [0.1, 0.15) is 31.7 Å². The molecule has 10 heteroatoms. The van der Waals surface area contributed by atoms with Gasteiger partial charge in [0.25, 0.3) is 0 Å². The Bertz CT molecular complexity index is 1130. The molecular formula is C22H27N7O3. The Hall–Kier alpha value is -3.56. The van der Waals surface area contributed by atoms with Gasteiger partial charge >= 0.3 is 0 Å². The Labute approximate surface area is 185 Å². The Morgan fingerprint density at radius 3 is 2.88 bits per heavy atom. The molecule has 3 aromatic rings. The fourth-order valence-corrected chi connectivity index (χ4v) is 3.95. The Kier molecular flexibility index (Phi) is 5.66. The highest BCUT2D eigenvalue weighted by molar-refractivity contribution is 5.84. The second-order valence-corrected chi connectivity index (χ2v) is 7.96. The van der Waals surface area contributed by atoms with Crippen molar-refractivity contribution in [3.05, 3.63) is 30.1 Å². The maximum absolute atomic E-state index is 12.0. The number of likely N-dealkylation sites (tertiary alicyclic amines) is 1. The van der Waals surface area contributed by atoms with Gasteiger partial charge in [0.15, 0.2) is 28.5 Å². The normalized spacial score (nSPS) is 15.0. The maximum Gasteiger partial charge on any atom is 0.231 e. The van der Waals surface area contributed by atoms with Crippen LogP contribution in [0.15, 0.2) is 24.5 Å². The summed E-state index contributed by atoms with van der Waals surface area (Å²) in [6.07, 6.45) is 4.33. The van der Waals surface area contributed by atoms with Crippen molar-refractivity contribution in [2.75, 3.05) is 37.1 Å². The molecule has 32 heavy (non-hydrogen) atoms. The fourth-order valence-electron chi connectivity index (χ4n) is 3.95. The highest BCUT2D eigenvalue weighted by Gasteiger charge is 2.20. The average Bonchev–Trinajstić information content (AvgIpc) is 3.54. The first kappa shape index (κ1) is 20.3. The number of carbonyl (C=O) groups is 1. The highest BCUT2D eigenvalue weighted by Crippen LogP contribution is 2.32. The van der Waals surface area contributed by atoms with E-state index in [1.54, 1.807) is 6.33 Å². The summed E-state index contributed by atoms with van der Waals surface area (Å²) in [7, 11) is 0. The molecule has 2 N–H and O–H groups in total. The number of nitrogens with one attached hydrogen (secondary N) is 2. The van der Waals surface area contributed by atoms with Crippen LogP contribution in [0.5, 0.6) is 11.5 Å². The molecule has 0 saturated carbocycles. The number of hydrogen-bond donors (Lipinski definition) is 2. The van der Waals surface area contributed by atoms with Gasteiger partial charge in [-0.3, -0.25) is 4.79 Å². The van der Waals surface area contributed by atoms with Gasteiger partial charge in [0, 0.05) is 39.1 Å². The summed E-state index contributed by atoms with van der Waals surface area (Å²) in [4.78, 5) is 27.8. The summed E-state index contributed by atoms with van der Waals surface area (Å²) in [5.74, 6) is 2.97. The molecule has 0 bridgehead atoms. The number of hydrogen-bond acceptors (Lipinski definition) is 8. The van der Waals surface area contributed by atoms with Gasteiger partial charge in [0.1, 0.15) is 0 Å². The van der Waals surface area contributed by atoms with Crippen molar-refractivity contribution < 1.29 is 14.3 Å². The van der Waals surface area contributed by atoms with Gasteiger partial charge in [-0.25, -0.2) is 4.98 Å². The number of amides is 1. The zero-order chi connectivity index (χ0) is 21.9. The molecule has 10 nitrogen and oxygen atoms in total. The monoisotopic (exact) mass is 437 g/mol. The molecule has 2 aliphatic heterocycles.